The van der Waals surface area contributed by atoms with Crippen LogP contribution in [0, 0.1) is 5.92 Å². The summed E-state index contributed by atoms with van der Waals surface area (Å²) < 4.78 is 43.0. The van der Waals surface area contributed by atoms with Crippen LogP contribution in [0.3, 0.4) is 0 Å². The molecular formula is C6H11NO2. The molecule has 1 atom stereocenters. The van der Waals surface area contributed by atoms with Crippen molar-refractivity contribution in [2.45, 2.75) is 26.2 Å². The van der Waals surface area contributed by atoms with Crippen molar-refractivity contribution in [2.24, 2.45) is 5.92 Å². The molecule has 0 saturated carbocycles. The Bertz CT molecular complexity index is 267. The van der Waals surface area contributed by atoms with Crippen molar-refractivity contribution in [3.63, 3.8) is 0 Å². The van der Waals surface area contributed by atoms with E-state index in [0.717, 1.165) is 0 Å². The van der Waals surface area contributed by atoms with Crippen molar-refractivity contribution >= 4 is 5.91 Å². The van der Waals surface area contributed by atoms with Crippen molar-refractivity contribution in [1.29, 1.82) is 0 Å². The van der Waals surface area contributed by atoms with Gasteiger partial charge in [-0.3, -0.25) is 10.0 Å². The minimum absolute atomic E-state index is 0.169. The summed E-state index contributed by atoms with van der Waals surface area (Å²) in [6.07, 6.45) is 0. The van der Waals surface area contributed by atoms with Crippen molar-refractivity contribution in [3.05, 3.63) is 0 Å². The van der Waals surface area contributed by atoms with Gasteiger partial charge in [0.2, 0.25) is 0 Å². The minimum Gasteiger partial charge on any atom is -0.285 e. The molecule has 1 rings (SSSR count). The third kappa shape index (κ3) is 0.580. The predicted molar refractivity (Wildman–Crippen MR) is 31.9 cm³/mol. The zero-order valence-electron chi connectivity index (χ0n) is 10.9. The van der Waals surface area contributed by atoms with Gasteiger partial charge in [-0.05, 0) is 13.7 Å². The summed E-state index contributed by atoms with van der Waals surface area (Å²) in [6, 6.07) is 0. The van der Waals surface area contributed by atoms with Crippen LogP contribution in [0.1, 0.15) is 28.9 Å². The molecule has 1 N–H and O–H groups in total. The van der Waals surface area contributed by atoms with E-state index in [2.05, 4.69) is 0 Å². The zero-order valence-corrected chi connectivity index (χ0v) is 4.88. The third-order valence-corrected chi connectivity index (χ3v) is 1.54. The van der Waals surface area contributed by atoms with E-state index in [1.54, 1.807) is 0 Å². The van der Waals surface area contributed by atoms with Gasteiger partial charge in [0.25, 0.3) is 5.91 Å². The Morgan fingerprint density at radius 1 is 1.89 bits per heavy atom. The molecule has 3 nitrogen and oxygen atoms in total. The number of carbonyl (C=O) groups is 1. The van der Waals surface area contributed by atoms with E-state index in [9.17, 15) is 10.0 Å². The highest BCUT2D eigenvalue weighted by Gasteiger charge is 2.50. The molecule has 0 aromatic heterocycles. The van der Waals surface area contributed by atoms with Crippen LogP contribution in [-0.2, 0) is 4.79 Å². The normalized spacial score (nSPS) is 44.9. The van der Waals surface area contributed by atoms with Crippen LogP contribution in [0.5, 0.6) is 0 Å². The molecular weight excluding hydrogens is 118 g/mol. The van der Waals surface area contributed by atoms with Crippen LogP contribution in [-0.4, -0.2) is 21.7 Å². The zero-order chi connectivity index (χ0) is 12.2. The van der Waals surface area contributed by atoms with E-state index in [1.165, 1.54) is 6.92 Å². The Morgan fingerprint density at radius 3 is 2.67 bits per heavy atom. The first kappa shape index (κ1) is 2.23. The molecule has 0 bridgehead atoms. The van der Waals surface area contributed by atoms with E-state index in [-0.39, 0.29) is 5.06 Å². The largest absolute Gasteiger partial charge is 0.285 e. The quantitative estimate of drug-likeness (QED) is 0.391. The summed E-state index contributed by atoms with van der Waals surface area (Å²) in [4.78, 5) is 11.0. The Hall–Kier alpha value is -0.570. The lowest BCUT2D eigenvalue weighted by Crippen LogP contribution is -2.65. The molecule has 9 heavy (non-hydrogen) atoms. The maximum atomic E-state index is 11.0. The second kappa shape index (κ2) is 1.48. The summed E-state index contributed by atoms with van der Waals surface area (Å²) in [5.74, 6) is -2.13. The van der Waals surface area contributed by atoms with Gasteiger partial charge >= 0.3 is 0 Å². The Kier molecular flexibility index (Phi) is 0.366. The monoisotopic (exact) mass is 135 g/mol. The molecule has 1 heterocycles. The van der Waals surface area contributed by atoms with Gasteiger partial charge in [-0.15, -0.1) is 0 Å². The second-order valence-electron chi connectivity index (χ2n) is 2.14. The lowest BCUT2D eigenvalue weighted by molar-refractivity contribution is -0.239. The maximum Gasteiger partial charge on any atom is 0.251 e. The van der Waals surface area contributed by atoms with Crippen molar-refractivity contribution in [1.82, 2.24) is 5.06 Å². The van der Waals surface area contributed by atoms with Gasteiger partial charge in [-0.25, -0.2) is 5.06 Å². The van der Waals surface area contributed by atoms with Gasteiger partial charge in [-0.1, -0.05) is 6.92 Å². The summed E-state index contributed by atoms with van der Waals surface area (Å²) >= 11 is 0. The van der Waals surface area contributed by atoms with Gasteiger partial charge in [0, 0.05) is 8.22 Å². The summed E-state index contributed by atoms with van der Waals surface area (Å²) in [5, 5.41) is 9.06. The molecule has 0 spiro atoms. The Balaban J connectivity index is 3.29. The van der Waals surface area contributed by atoms with E-state index >= 15 is 0 Å². The van der Waals surface area contributed by atoms with Gasteiger partial charge in [-0.2, -0.15) is 0 Å². The first-order valence-corrected chi connectivity index (χ1v) is 2.51. The maximum absolute atomic E-state index is 11.0. The first-order chi connectivity index (χ1) is 6.48. The fraction of sp³-hybridized carbons (Fsp3) is 0.833. The molecule has 3 heteroatoms. The fourth-order valence-electron chi connectivity index (χ4n) is 0.653. The van der Waals surface area contributed by atoms with Crippen LogP contribution in [0.15, 0.2) is 0 Å². The van der Waals surface area contributed by atoms with Crippen LogP contribution in [0.4, 0.5) is 0 Å². The molecule has 0 aromatic carbocycles. The van der Waals surface area contributed by atoms with Gasteiger partial charge < -0.3 is 0 Å². The number of hydrogen-bond donors (Lipinski definition) is 1. The van der Waals surface area contributed by atoms with E-state index < -0.39 is 31.1 Å². The average molecular weight is 135 g/mol. The highest BCUT2D eigenvalue weighted by atomic mass is 16.5. The van der Waals surface area contributed by atoms with Crippen molar-refractivity contribution in [3.8, 4) is 0 Å². The van der Waals surface area contributed by atoms with Crippen molar-refractivity contribution < 1.29 is 18.2 Å². The molecule has 1 saturated heterocycles. The first-order valence-electron chi connectivity index (χ1n) is 5.51. The molecule has 1 fully saturated rings. The van der Waals surface area contributed by atoms with Gasteiger partial charge in [0.15, 0.2) is 0 Å². The van der Waals surface area contributed by atoms with E-state index in [1.807, 2.05) is 0 Å². The number of amides is 1. The molecule has 0 radical (unpaired) electrons. The van der Waals surface area contributed by atoms with Crippen LogP contribution < -0.4 is 0 Å². The number of nitrogens with zero attached hydrogens (tertiary/aromatic N) is 1. The lowest BCUT2D eigenvalue weighted by Gasteiger charge is -2.48. The molecule has 0 aromatic rings. The fourth-order valence-corrected chi connectivity index (χ4v) is 0.653. The molecule has 0 unspecified atom stereocenters. The standard InChI is InChI=1S/C6H11NO2/c1-4-5(8)7(9)6(4,2)3/h4,9H,1-3H3/t4-/m1/s1/i2D3,3D3. The lowest BCUT2D eigenvalue weighted by atomic mass is 9.80. The van der Waals surface area contributed by atoms with Crippen LogP contribution in [0.2, 0.25) is 0 Å². The number of β-lactam (4-membered cyclic amide) rings is 1. The third-order valence-electron chi connectivity index (χ3n) is 1.54. The Labute approximate surface area is 62.7 Å². The number of carbonyl (C=O) groups excluding carboxylic acids is 1. The summed E-state index contributed by atoms with van der Waals surface area (Å²) in [6.45, 7) is -4.73. The van der Waals surface area contributed by atoms with E-state index in [0.29, 0.717) is 0 Å². The molecule has 1 aliphatic rings. The minimum atomic E-state index is -2.96. The molecule has 1 amide bonds. The van der Waals surface area contributed by atoms with E-state index in [4.69, 9.17) is 8.22 Å². The number of hydroxylamine groups is 2. The average Bonchev–Trinajstić information content (AvgIpc) is 1.99. The molecule has 52 valence electrons. The van der Waals surface area contributed by atoms with Crippen LogP contribution in [0.25, 0.3) is 0 Å². The predicted octanol–water partition coefficient (Wildman–Crippen LogP) is 0.633. The van der Waals surface area contributed by atoms with Crippen molar-refractivity contribution in [2.75, 3.05) is 0 Å². The second-order valence-corrected chi connectivity index (χ2v) is 2.14. The Morgan fingerprint density at radius 2 is 2.44 bits per heavy atom. The highest BCUT2D eigenvalue weighted by Crippen LogP contribution is 2.34. The highest BCUT2D eigenvalue weighted by molar-refractivity contribution is 5.85. The topological polar surface area (TPSA) is 40.5 Å². The SMILES string of the molecule is [2H]C([2H])([2H])C1(C([2H])([2H])[2H])[C@H](C)C(=O)N1O. The molecule has 0 aliphatic carbocycles. The molecule has 1 aliphatic heterocycles. The van der Waals surface area contributed by atoms with Crippen LogP contribution >= 0.6 is 0 Å². The van der Waals surface area contributed by atoms with Gasteiger partial charge in [0.1, 0.15) is 0 Å². The number of rotatable bonds is 0. The summed E-state index contributed by atoms with van der Waals surface area (Å²) in [5.41, 5.74) is -2.48. The summed E-state index contributed by atoms with van der Waals surface area (Å²) in [7, 11) is 0. The smallest absolute Gasteiger partial charge is 0.251 e. The van der Waals surface area contributed by atoms with Gasteiger partial charge in [0.05, 0.1) is 11.5 Å². The number of hydrogen-bond acceptors (Lipinski definition) is 2.